The first-order valence-corrected chi connectivity index (χ1v) is 10.2. The van der Waals surface area contributed by atoms with Gasteiger partial charge in [0.1, 0.15) is 6.10 Å². The summed E-state index contributed by atoms with van der Waals surface area (Å²) in [4.78, 5) is 0. The van der Waals surface area contributed by atoms with Crippen molar-refractivity contribution in [1.82, 2.24) is 4.72 Å². The van der Waals surface area contributed by atoms with Gasteiger partial charge in [-0.25, -0.2) is 13.1 Å². The molecule has 0 fully saturated rings. The Balaban J connectivity index is 3.16. The summed E-state index contributed by atoms with van der Waals surface area (Å²) < 4.78 is 54.9. The highest BCUT2D eigenvalue weighted by Gasteiger charge is 2.28. The molecule has 0 aliphatic heterocycles. The molecule has 6 nitrogen and oxygen atoms in total. The lowest BCUT2D eigenvalue weighted by Gasteiger charge is -2.24. The summed E-state index contributed by atoms with van der Waals surface area (Å²) in [6, 6.07) is 6.94. The molecule has 1 N–H and O–H groups in total. The van der Waals surface area contributed by atoms with E-state index in [0.29, 0.717) is 5.56 Å². The quantitative estimate of drug-likeness (QED) is 0.790. The van der Waals surface area contributed by atoms with E-state index in [2.05, 4.69) is 4.72 Å². The van der Waals surface area contributed by atoms with Gasteiger partial charge in [0.15, 0.2) is 0 Å². The smallest absolute Gasteiger partial charge is 0.261 e. The molecule has 1 aromatic rings. The topological polar surface area (TPSA) is 89.5 Å². The van der Waals surface area contributed by atoms with Gasteiger partial charge in [0.25, 0.3) is 10.1 Å². The minimum absolute atomic E-state index is 0.470. The second-order valence-corrected chi connectivity index (χ2v) is 9.65. The zero-order valence-electron chi connectivity index (χ0n) is 13.5. The van der Waals surface area contributed by atoms with Crippen molar-refractivity contribution < 1.29 is 21.0 Å². The SMILES string of the molecule is Cc1ccccc1[C@@H](CS(=O)(=O)NC(C)(C)C)OS(C)(=O)=O. The van der Waals surface area contributed by atoms with E-state index in [1.165, 1.54) is 0 Å². The van der Waals surface area contributed by atoms with Crippen LogP contribution in [0.2, 0.25) is 0 Å². The number of hydrogen-bond acceptors (Lipinski definition) is 5. The van der Waals surface area contributed by atoms with Crippen LogP contribution in [-0.2, 0) is 24.3 Å². The zero-order valence-corrected chi connectivity index (χ0v) is 15.1. The third-order valence-electron chi connectivity index (χ3n) is 2.66. The number of sulfonamides is 1. The molecule has 0 saturated carbocycles. The summed E-state index contributed by atoms with van der Waals surface area (Å²) in [5.74, 6) is -0.470. The maximum Gasteiger partial charge on any atom is 0.265 e. The van der Waals surface area contributed by atoms with Crippen molar-refractivity contribution >= 4 is 20.1 Å². The van der Waals surface area contributed by atoms with Crippen molar-refractivity contribution in [3.63, 3.8) is 0 Å². The van der Waals surface area contributed by atoms with Crippen LogP contribution in [0.15, 0.2) is 24.3 Å². The molecule has 0 unspecified atom stereocenters. The van der Waals surface area contributed by atoms with Crippen molar-refractivity contribution in [2.24, 2.45) is 0 Å². The molecular weight excluding hydrogens is 326 g/mol. The number of hydrogen-bond donors (Lipinski definition) is 1. The molecule has 0 heterocycles. The van der Waals surface area contributed by atoms with E-state index >= 15 is 0 Å². The molecule has 0 radical (unpaired) electrons. The van der Waals surface area contributed by atoms with Gasteiger partial charge in [-0.3, -0.25) is 4.18 Å². The van der Waals surface area contributed by atoms with Crippen molar-refractivity contribution in [2.75, 3.05) is 12.0 Å². The summed E-state index contributed by atoms with van der Waals surface area (Å²) in [6.07, 6.45) is -0.182. The van der Waals surface area contributed by atoms with E-state index in [1.807, 2.05) is 0 Å². The normalized spacial score (nSPS) is 14.8. The van der Waals surface area contributed by atoms with Crippen LogP contribution in [0, 0.1) is 6.92 Å². The maximum atomic E-state index is 12.2. The highest BCUT2D eigenvalue weighted by atomic mass is 32.2. The molecule has 0 amide bonds. The Hall–Kier alpha value is -0.960. The van der Waals surface area contributed by atoms with Gasteiger partial charge in [-0.1, -0.05) is 24.3 Å². The third kappa shape index (κ3) is 6.87. The van der Waals surface area contributed by atoms with Gasteiger partial charge < -0.3 is 0 Å². The van der Waals surface area contributed by atoms with Crippen LogP contribution in [0.3, 0.4) is 0 Å². The average molecular weight is 349 g/mol. The molecule has 0 saturated heterocycles. The molecular formula is C14H23NO5S2. The molecule has 0 bridgehead atoms. The number of benzene rings is 1. The van der Waals surface area contributed by atoms with Gasteiger partial charge >= 0.3 is 0 Å². The highest BCUT2D eigenvalue weighted by Crippen LogP contribution is 2.24. The van der Waals surface area contributed by atoms with Crippen LogP contribution in [0.25, 0.3) is 0 Å². The first-order valence-electron chi connectivity index (χ1n) is 6.74. The van der Waals surface area contributed by atoms with Gasteiger partial charge in [-0.05, 0) is 38.8 Å². The van der Waals surface area contributed by atoms with E-state index in [1.54, 1.807) is 52.0 Å². The van der Waals surface area contributed by atoms with E-state index in [-0.39, 0.29) is 0 Å². The van der Waals surface area contributed by atoms with Crippen LogP contribution < -0.4 is 4.72 Å². The second kappa shape index (κ2) is 6.66. The predicted molar refractivity (Wildman–Crippen MR) is 86.5 cm³/mol. The first kappa shape index (κ1) is 19.1. The van der Waals surface area contributed by atoms with E-state index in [0.717, 1.165) is 11.8 Å². The van der Waals surface area contributed by atoms with Crippen LogP contribution in [0.1, 0.15) is 38.0 Å². The van der Waals surface area contributed by atoms with Crippen LogP contribution in [0.4, 0.5) is 0 Å². The zero-order chi connectivity index (χ0) is 17.2. The van der Waals surface area contributed by atoms with Crippen molar-refractivity contribution in [1.29, 1.82) is 0 Å². The minimum Gasteiger partial charge on any atom is -0.261 e. The summed E-state index contributed by atoms with van der Waals surface area (Å²) in [7, 11) is -7.51. The molecule has 1 atom stereocenters. The molecule has 8 heteroatoms. The first-order chi connectivity index (χ1) is 9.79. The fraction of sp³-hybridized carbons (Fsp3) is 0.571. The molecule has 0 aromatic heterocycles. The van der Waals surface area contributed by atoms with Crippen LogP contribution in [0.5, 0.6) is 0 Å². The maximum absolute atomic E-state index is 12.2. The van der Waals surface area contributed by atoms with Gasteiger partial charge in [-0.2, -0.15) is 8.42 Å². The Bertz CT molecular complexity index is 718. The number of nitrogens with one attached hydrogen (secondary N) is 1. The lowest BCUT2D eigenvalue weighted by Crippen LogP contribution is -2.43. The summed E-state index contributed by atoms with van der Waals surface area (Å²) in [5.41, 5.74) is 0.648. The number of aryl methyl sites for hydroxylation is 1. The minimum atomic E-state index is -3.80. The van der Waals surface area contributed by atoms with Crippen LogP contribution >= 0.6 is 0 Å². The van der Waals surface area contributed by atoms with Crippen molar-refractivity contribution in [3.05, 3.63) is 35.4 Å². The molecule has 1 rings (SSSR count). The molecule has 0 aliphatic carbocycles. The van der Waals surface area contributed by atoms with Gasteiger partial charge in [0.05, 0.1) is 12.0 Å². The fourth-order valence-electron chi connectivity index (χ4n) is 2.04. The lowest BCUT2D eigenvalue weighted by atomic mass is 10.1. The van der Waals surface area contributed by atoms with Crippen LogP contribution in [-0.4, -0.2) is 34.4 Å². The van der Waals surface area contributed by atoms with Gasteiger partial charge in [0, 0.05) is 5.54 Å². The summed E-state index contributed by atoms with van der Waals surface area (Å²) in [6.45, 7) is 6.91. The molecule has 0 spiro atoms. The second-order valence-electron chi connectivity index (χ2n) is 6.28. The lowest BCUT2D eigenvalue weighted by molar-refractivity contribution is 0.237. The molecule has 0 aliphatic rings. The average Bonchev–Trinajstić information content (AvgIpc) is 2.22. The summed E-state index contributed by atoms with van der Waals surface area (Å²) >= 11 is 0. The summed E-state index contributed by atoms with van der Waals surface area (Å²) in [5, 5.41) is 0. The highest BCUT2D eigenvalue weighted by molar-refractivity contribution is 7.89. The van der Waals surface area contributed by atoms with Gasteiger partial charge in [0.2, 0.25) is 10.0 Å². The fourth-order valence-corrected chi connectivity index (χ4v) is 4.38. The largest absolute Gasteiger partial charge is 0.265 e. The third-order valence-corrected chi connectivity index (χ3v) is 4.91. The van der Waals surface area contributed by atoms with Gasteiger partial charge in [-0.15, -0.1) is 0 Å². The standard InChI is InChI=1S/C14H23NO5S2/c1-11-8-6-7-9-12(11)13(20-21(5,16)17)10-22(18,19)15-14(2,3)4/h6-9,13,15H,10H2,1-5H3/t13-/m1/s1. The van der Waals surface area contributed by atoms with Crippen molar-refractivity contribution in [3.8, 4) is 0 Å². The number of rotatable bonds is 6. The molecule has 22 heavy (non-hydrogen) atoms. The van der Waals surface area contributed by atoms with E-state index in [4.69, 9.17) is 4.18 Å². The Kier molecular flexibility index (Phi) is 5.77. The molecule has 1 aromatic carbocycles. The van der Waals surface area contributed by atoms with E-state index < -0.39 is 37.5 Å². The van der Waals surface area contributed by atoms with E-state index in [9.17, 15) is 16.8 Å². The van der Waals surface area contributed by atoms with Crippen molar-refractivity contribution in [2.45, 2.75) is 39.3 Å². The Morgan fingerprint density at radius 3 is 2.14 bits per heavy atom. The predicted octanol–water partition coefficient (Wildman–Crippen LogP) is 1.73. The Labute approximate surface area is 133 Å². The Morgan fingerprint density at radius 1 is 1.14 bits per heavy atom. The Morgan fingerprint density at radius 2 is 1.68 bits per heavy atom. The molecule has 126 valence electrons. The monoisotopic (exact) mass is 349 g/mol.